The molecule has 0 spiro atoms. The molecule has 0 amide bonds. The summed E-state index contributed by atoms with van der Waals surface area (Å²) in [6.45, 7) is 8.55. The molecule has 0 saturated carbocycles. The molecule has 216 valence electrons. The summed E-state index contributed by atoms with van der Waals surface area (Å²) in [6, 6.07) is 0. The van der Waals surface area contributed by atoms with Gasteiger partial charge in [-0.15, -0.1) is 0 Å². The maximum Gasteiger partial charge on any atom is 0.306 e. The van der Waals surface area contributed by atoms with Crippen LogP contribution in [0.5, 0.6) is 0 Å². The maximum absolute atomic E-state index is 12.5. The van der Waals surface area contributed by atoms with Gasteiger partial charge in [0.2, 0.25) is 6.29 Å². The minimum absolute atomic E-state index is 0.117. The van der Waals surface area contributed by atoms with Crippen molar-refractivity contribution in [3.63, 3.8) is 0 Å². The third kappa shape index (κ3) is 8.04. The molecule has 9 atom stereocenters. The molecule has 12 nitrogen and oxygen atoms in total. The molecule has 0 aromatic carbocycles. The summed E-state index contributed by atoms with van der Waals surface area (Å²) < 4.78 is 40.1. The van der Waals surface area contributed by atoms with E-state index in [1.165, 1.54) is 0 Å². The van der Waals surface area contributed by atoms with E-state index in [9.17, 15) is 25.2 Å². The Morgan fingerprint density at radius 2 is 1.70 bits per heavy atom. The summed E-state index contributed by atoms with van der Waals surface area (Å²) in [5.41, 5.74) is 0. The van der Waals surface area contributed by atoms with Crippen molar-refractivity contribution in [2.24, 2.45) is 0 Å². The molecule has 0 aliphatic carbocycles. The monoisotopic (exact) mass is 536 g/mol. The minimum Gasteiger partial charge on any atom is -0.454 e. The Kier molecular flexibility index (Phi) is 10.7. The summed E-state index contributed by atoms with van der Waals surface area (Å²) in [5, 5.41) is 41.6. The Labute approximate surface area is 218 Å². The SMILES string of the molecule is CCCCCCCC(=O)O[C@@H]1[C@H](OC(O)[C@H]2OC(C)(C)O[C@H]2[C@H]2COC(C)(C)O2)O[C@H](CO)[C@@H](O)[C@@H]1O. The van der Waals surface area contributed by atoms with Gasteiger partial charge in [-0.2, -0.15) is 0 Å². The zero-order valence-electron chi connectivity index (χ0n) is 22.4. The summed E-state index contributed by atoms with van der Waals surface area (Å²) >= 11 is 0. The molecule has 3 heterocycles. The lowest BCUT2D eigenvalue weighted by Gasteiger charge is -2.42. The smallest absolute Gasteiger partial charge is 0.306 e. The van der Waals surface area contributed by atoms with Crippen LogP contribution in [0.3, 0.4) is 0 Å². The highest BCUT2D eigenvalue weighted by atomic mass is 16.8. The van der Waals surface area contributed by atoms with Crippen LogP contribution < -0.4 is 0 Å². The first-order valence-corrected chi connectivity index (χ1v) is 13.2. The fourth-order valence-electron chi connectivity index (χ4n) is 4.79. The Morgan fingerprint density at radius 3 is 2.32 bits per heavy atom. The largest absolute Gasteiger partial charge is 0.454 e. The number of hydrogen-bond donors (Lipinski definition) is 4. The predicted octanol–water partition coefficient (Wildman–Crippen LogP) is 0.704. The average molecular weight is 537 g/mol. The summed E-state index contributed by atoms with van der Waals surface area (Å²) in [6.07, 6.45) is -6.63. The molecule has 3 fully saturated rings. The molecule has 0 aromatic rings. The lowest BCUT2D eigenvalue weighted by molar-refractivity contribution is -0.345. The Balaban J connectivity index is 1.69. The van der Waals surface area contributed by atoms with E-state index in [1.54, 1.807) is 27.7 Å². The molecule has 3 rings (SSSR count). The molecule has 0 radical (unpaired) electrons. The van der Waals surface area contributed by atoms with Gasteiger partial charge in [0.1, 0.15) is 36.6 Å². The van der Waals surface area contributed by atoms with Gasteiger partial charge in [-0.25, -0.2) is 0 Å². The van der Waals surface area contributed by atoms with Gasteiger partial charge in [0.25, 0.3) is 0 Å². The second-order valence-electron chi connectivity index (χ2n) is 10.8. The summed E-state index contributed by atoms with van der Waals surface area (Å²) in [7, 11) is 0. The van der Waals surface area contributed by atoms with Crippen LogP contribution in [0.25, 0.3) is 0 Å². The topological polar surface area (TPSA) is 163 Å². The number of aliphatic hydroxyl groups excluding tert-OH is 4. The number of aliphatic hydroxyl groups is 4. The van der Waals surface area contributed by atoms with Gasteiger partial charge in [0, 0.05) is 6.42 Å². The van der Waals surface area contributed by atoms with Crippen LogP contribution in [0.2, 0.25) is 0 Å². The molecule has 3 saturated heterocycles. The van der Waals surface area contributed by atoms with Gasteiger partial charge in [-0.05, 0) is 34.1 Å². The molecular formula is C25H44O12. The van der Waals surface area contributed by atoms with E-state index >= 15 is 0 Å². The van der Waals surface area contributed by atoms with E-state index < -0.39 is 79.5 Å². The van der Waals surface area contributed by atoms with E-state index in [1.807, 2.05) is 0 Å². The zero-order chi connectivity index (χ0) is 27.4. The van der Waals surface area contributed by atoms with Crippen molar-refractivity contribution in [2.75, 3.05) is 13.2 Å². The lowest BCUT2D eigenvalue weighted by atomic mass is 9.99. The number of carbonyl (C=O) groups excluding carboxylic acids is 1. The van der Waals surface area contributed by atoms with Crippen molar-refractivity contribution in [3.05, 3.63) is 0 Å². The molecule has 0 aromatic heterocycles. The second-order valence-corrected chi connectivity index (χ2v) is 10.8. The number of hydrogen-bond acceptors (Lipinski definition) is 12. The van der Waals surface area contributed by atoms with E-state index in [4.69, 9.17) is 33.2 Å². The summed E-state index contributed by atoms with van der Waals surface area (Å²) in [5.74, 6) is -2.51. The van der Waals surface area contributed by atoms with E-state index in [0.29, 0.717) is 6.42 Å². The van der Waals surface area contributed by atoms with Gasteiger partial charge in [0.05, 0.1) is 13.2 Å². The quantitative estimate of drug-likeness (QED) is 0.157. The van der Waals surface area contributed by atoms with E-state index in [2.05, 4.69) is 6.92 Å². The van der Waals surface area contributed by atoms with Crippen molar-refractivity contribution in [1.29, 1.82) is 0 Å². The molecular weight excluding hydrogens is 492 g/mol. The minimum atomic E-state index is -1.67. The van der Waals surface area contributed by atoms with E-state index in [-0.39, 0.29) is 13.0 Å². The number of unbranched alkanes of at least 4 members (excludes halogenated alkanes) is 4. The highest BCUT2D eigenvalue weighted by molar-refractivity contribution is 5.69. The van der Waals surface area contributed by atoms with Crippen molar-refractivity contribution >= 4 is 5.97 Å². The van der Waals surface area contributed by atoms with Crippen LogP contribution in [-0.2, 0) is 38.0 Å². The fourth-order valence-corrected chi connectivity index (χ4v) is 4.79. The molecule has 0 bridgehead atoms. The first kappa shape index (κ1) is 30.6. The molecule has 4 N–H and O–H groups in total. The molecule has 37 heavy (non-hydrogen) atoms. The summed E-state index contributed by atoms with van der Waals surface area (Å²) in [4.78, 5) is 12.5. The third-order valence-corrected chi connectivity index (χ3v) is 6.69. The third-order valence-electron chi connectivity index (χ3n) is 6.69. The van der Waals surface area contributed by atoms with Crippen molar-refractivity contribution in [1.82, 2.24) is 0 Å². The highest BCUT2D eigenvalue weighted by Gasteiger charge is 2.54. The van der Waals surface area contributed by atoms with Crippen LogP contribution in [0, 0.1) is 0 Å². The van der Waals surface area contributed by atoms with Gasteiger partial charge < -0.3 is 53.6 Å². The average Bonchev–Trinajstić information content (AvgIpc) is 3.36. The van der Waals surface area contributed by atoms with Gasteiger partial charge >= 0.3 is 5.97 Å². The van der Waals surface area contributed by atoms with Crippen molar-refractivity contribution in [2.45, 2.75) is 140 Å². The van der Waals surface area contributed by atoms with Crippen molar-refractivity contribution < 1.29 is 58.4 Å². The number of esters is 1. The Morgan fingerprint density at radius 1 is 1.00 bits per heavy atom. The number of carbonyl (C=O) groups is 1. The number of rotatable bonds is 12. The predicted molar refractivity (Wildman–Crippen MR) is 127 cm³/mol. The van der Waals surface area contributed by atoms with Crippen LogP contribution >= 0.6 is 0 Å². The number of ether oxygens (including phenoxy) is 7. The maximum atomic E-state index is 12.5. The normalized spacial score (nSPS) is 38.0. The zero-order valence-corrected chi connectivity index (χ0v) is 22.4. The van der Waals surface area contributed by atoms with Crippen LogP contribution in [0.4, 0.5) is 0 Å². The van der Waals surface area contributed by atoms with E-state index in [0.717, 1.165) is 25.7 Å². The van der Waals surface area contributed by atoms with Gasteiger partial charge in [0.15, 0.2) is 24.0 Å². The Bertz CT molecular complexity index is 730. The van der Waals surface area contributed by atoms with Crippen molar-refractivity contribution in [3.8, 4) is 0 Å². The van der Waals surface area contributed by atoms with Gasteiger partial charge in [-0.1, -0.05) is 32.6 Å². The molecule has 12 heteroatoms. The highest BCUT2D eigenvalue weighted by Crippen LogP contribution is 2.38. The van der Waals surface area contributed by atoms with Crippen LogP contribution in [0.1, 0.15) is 73.1 Å². The standard InChI is InChI=1S/C25H44O12/c1-6-7-8-9-10-11-16(27)33-20-18(29)17(28)14(12-26)32-23(20)34-22(30)21-19(36-25(4,5)37-21)15-13-31-24(2,3)35-15/h14-15,17-23,26,28-30H,6-13H2,1-5H3/t14-,15-,17-,18+,19+,20+,21+,22?,23+/m1/s1. The lowest BCUT2D eigenvalue weighted by Crippen LogP contribution is -2.61. The Hall–Kier alpha value is -0.930. The first-order chi connectivity index (χ1) is 17.4. The van der Waals surface area contributed by atoms with Gasteiger partial charge in [-0.3, -0.25) is 4.79 Å². The second kappa shape index (κ2) is 12.9. The fraction of sp³-hybridized carbons (Fsp3) is 0.960. The molecule has 3 aliphatic heterocycles. The van der Waals surface area contributed by atoms with Crippen LogP contribution in [-0.4, -0.2) is 106 Å². The first-order valence-electron chi connectivity index (χ1n) is 13.2. The van der Waals surface area contributed by atoms with Crippen LogP contribution in [0.15, 0.2) is 0 Å². The molecule has 3 aliphatic rings. The molecule has 1 unspecified atom stereocenters.